The summed E-state index contributed by atoms with van der Waals surface area (Å²) in [7, 11) is 0. The Morgan fingerprint density at radius 2 is 2.15 bits per heavy atom. The maximum Gasteiger partial charge on any atom is 0.258 e. The minimum Gasteiger partial charge on any atom is -0.483 e. The minimum absolute atomic E-state index is 0.0247. The number of ether oxygens (including phenoxy) is 1. The maximum atomic E-state index is 12.1. The lowest BCUT2D eigenvalue weighted by Crippen LogP contribution is -2.28. The Labute approximate surface area is 157 Å². The number of hydrogen-bond acceptors (Lipinski definition) is 5. The van der Waals surface area contributed by atoms with Gasteiger partial charge >= 0.3 is 0 Å². The minimum atomic E-state index is -0.190. The fraction of sp³-hybridized carbons (Fsp3) is 0.300. The highest BCUT2D eigenvalue weighted by molar-refractivity contribution is 7.13. The van der Waals surface area contributed by atoms with Crippen LogP contribution in [-0.2, 0) is 11.3 Å². The lowest BCUT2D eigenvalue weighted by atomic mass is 9.98. The second-order valence-corrected chi connectivity index (χ2v) is 6.98. The number of amides is 1. The molecular weight excluding hydrogens is 348 g/mol. The average Bonchev–Trinajstić information content (AvgIpc) is 3.35. The molecule has 6 heteroatoms. The van der Waals surface area contributed by atoms with E-state index >= 15 is 0 Å². The molecular formula is C20H22N2O3S. The van der Waals surface area contributed by atoms with Crippen molar-refractivity contribution in [1.82, 2.24) is 10.3 Å². The zero-order chi connectivity index (χ0) is 18.4. The van der Waals surface area contributed by atoms with Gasteiger partial charge in [-0.1, -0.05) is 38.1 Å². The summed E-state index contributed by atoms with van der Waals surface area (Å²) < 4.78 is 11.2. The molecule has 1 N–H and O–H groups in total. The smallest absolute Gasteiger partial charge is 0.258 e. The fourth-order valence-electron chi connectivity index (χ4n) is 2.52. The monoisotopic (exact) mass is 370 g/mol. The van der Waals surface area contributed by atoms with Crippen molar-refractivity contribution >= 4 is 17.2 Å². The van der Waals surface area contributed by atoms with E-state index in [4.69, 9.17) is 9.15 Å². The summed E-state index contributed by atoms with van der Waals surface area (Å²) in [6.45, 7) is 4.57. The van der Waals surface area contributed by atoms with E-state index in [9.17, 15) is 4.79 Å². The summed E-state index contributed by atoms with van der Waals surface area (Å²) in [5.41, 5.74) is 1.81. The normalized spacial score (nSPS) is 11.9. The summed E-state index contributed by atoms with van der Waals surface area (Å²) in [6.07, 6.45) is 2.58. The third kappa shape index (κ3) is 4.52. The van der Waals surface area contributed by atoms with E-state index in [1.165, 1.54) is 0 Å². The number of aromatic nitrogens is 1. The topological polar surface area (TPSA) is 64.4 Å². The van der Waals surface area contributed by atoms with Crippen LogP contribution in [0.3, 0.4) is 0 Å². The van der Waals surface area contributed by atoms with Gasteiger partial charge in [-0.3, -0.25) is 4.79 Å². The van der Waals surface area contributed by atoms with Crippen molar-refractivity contribution < 1.29 is 13.9 Å². The van der Waals surface area contributed by atoms with Crippen molar-refractivity contribution in [2.75, 3.05) is 6.61 Å². The van der Waals surface area contributed by atoms with Crippen LogP contribution < -0.4 is 10.1 Å². The Balaban J connectivity index is 1.51. The van der Waals surface area contributed by atoms with E-state index in [1.807, 2.05) is 41.8 Å². The molecule has 3 aromatic rings. The van der Waals surface area contributed by atoms with Gasteiger partial charge < -0.3 is 14.5 Å². The molecule has 0 fully saturated rings. The SMILES string of the molecule is CCC(C)c1ccccc1OCC(=O)NCc1coc(-c2cccs2)n1. The lowest BCUT2D eigenvalue weighted by Gasteiger charge is -2.15. The number of nitrogens with zero attached hydrogens (tertiary/aromatic N) is 1. The van der Waals surface area contributed by atoms with E-state index in [2.05, 4.69) is 24.1 Å². The van der Waals surface area contributed by atoms with Crippen molar-refractivity contribution in [3.63, 3.8) is 0 Å². The van der Waals surface area contributed by atoms with Gasteiger partial charge in [-0.2, -0.15) is 0 Å². The van der Waals surface area contributed by atoms with Gasteiger partial charge in [-0.05, 0) is 35.4 Å². The molecule has 0 aliphatic rings. The van der Waals surface area contributed by atoms with Crippen LogP contribution in [0, 0.1) is 0 Å². The fourth-order valence-corrected chi connectivity index (χ4v) is 3.18. The predicted molar refractivity (Wildman–Crippen MR) is 102 cm³/mol. The van der Waals surface area contributed by atoms with Crippen LogP contribution in [0.5, 0.6) is 5.75 Å². The Bertz CT molecular complexity index is 842. The highest BCUT2D eigenvalue weighted by Gasteiger charge is 2.12. The van der Waals surface area contributed by atoms with Crippen molar-refractivity contribution in [3.8, 4) is 16.5 Å². The van der Waals surface area contributed by atoms with Gasteiger partial charge in [0.2, 0.25) is 5.89 Å². The molecule has 26 heavy (non-hydrogen) atoms. The zero-order valence-corrected chi connectivity index (χ0v) is 15.7. The third-order valence-corrected chi connectivity index (χ3v) is 5.03. The van der Waals surface area contributed by atoms with E-state index in [1.54, 1.807) is 17.6 Å². The van der Waals surface area contributed by atoms with Gasteiger partial charge in [0.25, 0.3) is 5.91 Å². The Morgan fingerprint density at radius 3 is 2.92 bits per heavy atom. The van der Waals surface area contributed by atoms with Crippen molar-refractivity contribution in [2.45, 2.75) is 32.7 Å². The molecule has 0 aliphatic heterocycles. The molecule has 0 spiro atoms. The molecule has 2 heterocycles. The molecule has 0 saturated heterocycles. The van der Waals surface area contributed by atoms with Crippen LogP contribution in [0.2, 0.25) is 0 Å². The number of oxazole rings is 1. The van der Waals surface area contributed by atoms with Crippen molar-refractivity contribution in [2.24, 2.45) is 0 Å². The van der Waals surface area contributed by atoms with Gasteiger partial charge in [-0.25, -0.2) is 4.98 Å². The first-order chi connectivity index (χ1) is 12.7. The molecule has 1 unspecified atom stereocenters. The molecule has 1 amide bonds. The molecule has 0 saturated carbocycles. The summed E-state index contributed by atoms with van der Waals surface area (Å²) in [4.78, 5) is 17.4. The Kier molecular flexibility index (Phi) is 6.07. The van der Waals surface area contributed by atoms with E-state index in [0.29, 0.717) is 24.0 Å². The van der Waals surface area contributed by atoms with E-state index in [-0.39, 0.29) is 12.5 Å². The molecule has 1 aromatic carbocycles. The largest absolute Gasteiger partial charge is 0.483 e. The molecule has 3 rings (SSSR count). The number of carbonyl (C=O) groups is 1. The standard InChI is InChI=1S/C20H22N2O3S/c1-3-14(2)16-7-4-5-8-17(16)24-13-19(23)21-11-15-12-25-20(22-15)18-9-6-10-26-18/h4-10,12,14H,3,11,13H2,1-2H3,(H,21,23). The molecule has 1 atom stereocenters. The van der Waals surface area contributed by atoms with Gasteiger partial charge in [-0.15, -0.1) is 11.3 Å². The number of para-hydroxylation sites is 1. The predicted octanol–water partition coefficient (Wildman–Crippen LogP) is 4.61. The van der Waals surface area contributed by atoms with Crippen LogP contribution in [-0.4, -0.2) is 17.5 Å². The van der Waals surface area contributed by atoms with Gasteiger partial charge in [0.1, 0.15) is 12.0 Å². The summed E-state index contributed by atoms with van der Waals surface area (Å²) >= 11 is 1.56. The third-order valence-electron chi connectivity index (χ3n) is 4.17. The van der Waals surface area contributed by atoms with Crippen molar-refractivity contribution in [3.05, 3.63) is 59.3 Å². The number of rotatable bonds is 8. The lowest BCUT2D eigenvalue weighted by molar-refractivity contribution is -0.123. The quantitative estimate of drug-likeness (QED) is 0.629. The van der Waals surface area contributed by atoms with Crippen LogP contribution in [0.25, 0.3) is 10.8 Å². The number of carbonyl (C=O) groups excluding carboxylic acids is 1. The average molecular weight is 370 g/mol. The van der Waals surface area contributed by atoms with Gasteiger partial charge in [0, 0.05) is 0 Å². The Morgan fingerprint density at radius 1 is 1.31 bits per heavy atom. The van der Waals surface area contributed by atoms with Crippen LogP contribution in [0.4, 0.5) is 0 Å². The summed E-state index contributed by atoms with van der Waals surface area (Å²) in [5.74, 6) is 1.53. The van der Waals surface area contributed by atoms with Gasteiger partial charge in [0.15, 0.2) is 6.61 Å². The first-order valence-corrected chi connectivity index (χ1v) is 9.52. The highest BCUT2D eigenvalue weighted by Crippen LogP contribution is 2.28. The molecule has 136 valence electrons. The van der Waals surface area contributed by atoms with Crippen LogP contribution in [0.15, 0.2) is 52.5 Å². The second kappa shape index (κ2) is 8.67. The number of benzene rings is 1. The molecule has 5 nitrogen and oxygen atoms in total. The second-order valence-electron chi connectivity index (χ2n) is 6.03. The summed E-state index contributed by atoms with van der Waals surface area (Å²) in [5, 5.41) is 4.78. The number of hydrogen-bond donors (Lipinski definition) is 1. The summed E-state index contributed by atoms with van der Waals surface area (Å²) in [6, 6.07) is 11.7. The van der Waals surface area contributed by atoms with E-state index < -0.39 is 0 Å². The molecule has 0 bridgehead atoms. The zero-order valence-electron chi connectivity index (χ0n) is 14.9. The Hall–Kier alpha value is -2.60. The van der Waals surface area contributed by atoms with Crippen molar-refractivity contribution in [1.29, 1.82) is 0 Å². The number of nitrogens with one attached hydrogen (secondary N) is 1. The highest BCUT2D eigenvalue weighted by atomic mass is 32.1. The van der Waals surface area contributed by atoms with E-state index in [0.717, 1.165) is 22.6 Å². The van der Waals surface area contributed by atoms with Crippen LogP contribution >= 0.6 is 11.3 Å². The van der Waals surface area contributed by atoms with Gasteiger partial charge in [0.05, 0.1) is 17.1 Å². The maximum absolute atomic E-state index is 12.1. The molecule has 2 aromatic heterocycles. The first kappa shape index (κ1) is 18.2. The molecule has 0 radical (unpaired) electrons. The number of thiophene rings is 1. The van der Waals surface area contributed by atoms with Crippen LogP contribution in [0.1, 0.15) is 37.4 Å². The first-order valence-electron chi connectivity index (χ1n) is 8.64. The molecule has 0 aliphatic carbocycles.